The fourth-order valence-electron chi connectivity index (χ4n) is 1.22. The third-order valence-electron chi connectivity index (χ3n) is 1.86. The first-order valence-electron chi connectivity index (χ1n) is 4.42. The smallest absolute Gasteiger partial charge is 0.376 e. The molecule has 0 aliphatic carbocycles. The van der Waals surface area contributed by atoms with Gasteiger partial charge >= 0.3 is 5.97 Å². The molecular formula is C9H8N2O3S. The maximum atomic E-state index is 11.5. The third kappa shape index (κ3) is 1.85. The molecule has 5 nitrogen and oxygen atoms in total. The van der Waals surface area contributed by atoms with Gasteiger partial charge in [-0.2, -0.15) is 4.99 Å². The minimum absolute atomic E-state index is 0.153. The number of allylic oxidation sites excluding steroid dienone is 1. The SMILES string of the molecule is CCOC(=O)C1=NC(=O)C2SC=CC2=N1. The summed E-state index contributed by atoms with van der Waals surface area (Å²) < 4.78 is 4.72. The highest BCUT2D eigenvalue weighted by molar-refractivity contribution is 8.04. The lowest BCUT2D eigenvalue weighted by molar-refractivity contribution is -0.135. The highest BCUT2D eigenvalue weighted by atomic mass is 32.2. The van der Waals surface area contributed by atoms with Gasteiger partial charge in [0.25, 0.3) is 5.91 Å². The van der Waals surface area contributed by atoms with Crippen molar-refractivity contribution >= 4 is 35.2 Å². The number of amides is 1. The lowest BCUT2D eigenvalue weighted by Gasteiger charge is -2.11. The average molecular weight is 224 g/mol. The van der Waals surface area contributed by atoms with Gasteiger partial charge < -0.3 is 4.74 Å². The van der Waals surface area contributed by atoms with Gasteiger partial charge in [-0.25, -0.2) is 9.79 Å². The van der Waals surface area contributed by atoms with Crippen LogP contribution in [0, 0.1) is 0 Å². The van der Waals surface area contributed by atoms with Crippen LogP contribution in [0.25, 0.3) is 0 Å². The van der Waals surface area contributed by atoms with Crippen molar-refractivity contribution in [3.05, 3.63) is 11.5 Å². The molecule has 2 rings (SSSR count). The van der Waals surface area contributed by atoms with Crippen molar-refractivity contribution in [1.82, 2.24) is 0 Å². The Hall–Kier alpha value is -1.43. The fourth-order valence-corrected chi connectivity index (χ4v) is 2.04. The van der Waals surface area contributed by atoms with Crippen molar-refractivity contribution in [2.24, 2.45) is 9.98 Å². The molecule has 6 heteroatoms. The van der Waals surface area contributed by atoms with Crippen molar-refractivity contribution in [1.29, 1.82) is 0 Å². The number of esters is 1. The van der Waals surface area contributed by atoms with E-state index in [1.165, 1.54) is 11.8 Å². The molecule has 15 heavy (non-hydrogen) atoms. The first-order chi connectivity index (χ1) is 7.22. The Morgan fingerprint density at radius 2 is 2.40 bits per heavy atom. The Bertz CT molecular complexity index is 412. The molecule has 1 unspecified atom stereocenters. The van der Waals surface area contributed by atoms with Crippen molar-refractivity contribution < 1.29 is 14.3 Å². The molecule has 1 atom stereocenters. The second-order valence-electron chi connectivity index (χ2n) is 2.85. The minimum Gasteiger partial charge on any atom is -0.460 e. The highest BCUT2D eigenvalue weighted by Gasteiger charge is 2.32. The summed E-state index contributed by atoms with van der Waals surface area (Å²) in [5.41, 5.74) is 0.572. The summed E-state index contributed by atoms with van der Waals surface area (Å²) in [4.78, 5) is 30.3. The summed E-state index contributed by atoms with van der Waals surface area (Å²) in [7, 11) is 0. The van der Waals surface area contributed by atoms with E-state index in [1.54, 1.807) is 18.4 Å². The predicted molar refractivity (Wildman–Crippen MR) is 57.0 cm³/mol. The minimum atomic E-state index is -0.651. The molecule has 78 valence electrons. The van der Waals surface area contributed by atoms with E-state index in [4.69, 9.17) is 4.74 Å². The number of aliphatic imine (C=N–C) groups is 2. The molecule has 0 bridgehead atoms. The number of hydrogen-bond donors (Lipinski definition) is 0. The van der Waals surface area contributed by atoms with Crippen molar-refractivity contribution in [2.75, 3.05) is 6.61 Å². The van der Waals surface area contributed by atoms with Crippen molar-refractivity contribution in [3.8, 4) is 0 Å². The summed E-state index contributed by atoms with van der Waals surface area (Å²) >= 11 is 1.34. The molecule has 2 heterocycles. The van der Waals surface area contributed by atoms with E-state index < -0.39 is 5.97 Å². The Labute approximate surface area is 90.3 Å². The van der Waals surface area contributed by atoms with Crippen LogP contribution in [0.3, 0.4) is 0 Å². The second kappa shape index (κ2) is 3.98. The zero-order valence-electron chi connectivity index (χ0n) is 7.97. The molecule has 0 aromatic rings. The van der Waals surface area contributed by atoms with Crippen LogP contribution in [0.5, 0.6) is 0 Å². The van der Waals surface area contributed by atoms with Gasteiger partial charge in [0, 0.05) is 0 Å². The molecule has 0 N–H and O–H groups in total. The average Bonchev–Trinajstić information content (AvgIpc) is 2.66. The van der Waals surface area contributed by atoms with Crippen LogP contribution < -0.4 is 0 Å². The molecule has 0 fully saturated rings. The monoisotopic (exact) mass is 224 g/mol. The normalized spacial score (nSPS) is 23.3. The highest BCUT2D eigenvalue weighted by Crippen LogP contribution is 2.25. The summed E-state index contributed by atoms with van der Waals surface area (Å²) in [5.74, 6) is -1.15. The number of rotatable bonds is 2. The summed E-state index contributed by atoms with van der Waals surface area (Å²) in [6.45, 7) is 1.93. The van der Waals surface area contributed by atoms with Gasteiger partial charge in [-0.15, -0.1) is 11.8 Å². The van der Waals surface area contributed by atoms with E-state index >= 15 is 0 Å². The predicted octanol–water partition coefficient (Wildman–Crippen LogP) is 0.558. The molecule has 0 saturated carbocycles. The molecular weight excluding hydrogens is 216 g/mol. The summed E-state index contributed by atoms with van der Waals surface area (Å²) in [6.07, 6.45) is 1.71. The first-order valence-corrected chi connectivity index (χ1v) is 5.37. The van der Waals surface area contributed by atoms with E-state index in [-0.39, 0.29) is 23.6 Å². The van der Waals surface area contributed by atoms with Crippen LogP contribution in [0.2, 0.25) is 0 Å². The topological polar surface area (TPSA) is 68.1 Å². The van der Waals surface area contributed by atoms with Gasteiger partial charge in [0.1, 0.15) is 5.25 Å². The molecule has 0 aromatic carbocycles. The number of carbonyl (C=O) groups excluding carboxylic acids is 2. The maximum Gasteiger partial charge on any atom is 0.376 e. The summed E-state index contributed by atoms with van der Waals surface area (Å²) in [5, 5.41) is 1.40. The van der Waals surface area contributed by atoms with Crippen LogP contribution in [-0.2, 0) is 14.3 Å². The van der Waals surface area contributed by atoms with Crippen molar-refractivity contribution in [2.45, 2.75) is 12.2 Å². The van der Waals surface area contributed by atoms with Gasteiger partial charge in [0.2, 0.25) is 5.84 Å². The molecule has 0 saturated heterocycles. The van der Waals surface area contributed by atoms with E-state index in [2.05, 4.69) is 9.98 Å². The molecule has 2 aliphatic heterocycles. The van der Waals surface area contributed by atoms with Gasteiger partial charge in [-0.1, -0.05) is 0 Å². The van der Waals surface area contributed by atoms with Gasteiger partial charge in [0.15, 0.2) is 0 Å². The van der Waals surface area contributed by atoms with Gasteiger partial charge in [-0.05, 0) is 18.4 Å². The Balaban J connectivity index is 2.24. The standard InChI is InChI=1S/C9H8N2O3S/c1-2-14-9(13)7-10-5-3-4-15-6(5)8(12)11-7/h3-4,6H,2H2,1H3. The number of ether oxygens (including phenoxy) is 1. The second-order valence-corrected chi connectivity index (χ2v) is 3.87. The van der Waals surface area contributed by atoms with Crippen LogP contribution in [0.1, 0.15) is 6.92 Å². The van der Waals surface area contributed by atoms with Crippen LogP contribution in [0.4, 0.5) is 0 Å². The largest absolute Gasteiger partial charge is 0.460 e. The van der Waals surface area contributed by atoms with E-state index in [0.717, 1.165) is 0 Å². The van der Waals surface area contributed by atoms with Crippen LogP contribution in [0.15, 0.2) is 21.5 Å². The number of nitrogens with zero attached hydrogens (tertiary/aromatic N) is 2. The number of hydrogen-bond acceptors (Lipinski definition) is 5. The van der Waals surface area contributed by atoms with Gasteiger partial charge in [0.05, 0.1) is 12.3 Å². The fraction of sp³-hybridized carbons (Fsp3) is 0.333. The number of amidine groups is 1. The summed E-state index contributed by atoms with van der Waals surface area (Å²) in [6, 6.07) is 0. The number of fused-ring (bicyclic) bond motifs is 1. The number of carbonyl (C=O) groups is 2. The zero-order valence-corrected chi connectivity index (χ0v) is 8.78. The van der Waals surface area contributed by atoms with E-state index in [0.29, 0.717) is 5.71 Å². The number of thioether (sulfide) groups is 1. The zero-order chi connectivity index (χ0) is 10.8. The van der Waals surface area contributed by atoms with Crippen LogP contribution in [-0.4, -0.2) is 35.3 Å². The van der Waals surface area contributed by atoms with E-state index in [1.807, 2.05) is 0 Å². The quantitative estimate of drug-likeness (QED) is 0.643. The maximum absolute atomic E-state index is 11.5. The molecule has 0 aromatic heterocycles. The lowest BCUT2D eigenvalue weighted by Crippen LogP contribution is -2.31. The van der Waals surface area contributed by atoms with Crippen molar-refractivity contribution in [3.63, 3.8) is 0 Å². The van der Waals surface area contributed by atoms with Gasteiger partial charge in [-0.3, -0.25) is 4.79 Å². The third-order valence-corrected chi connectivity index (χ3v) is 2.86. The molecule has 2 aliphatic rings. The van der Waals surface area contributed by atoms with Crippen LogP contribution >= 0.6 is 11.8 Å². The molecule has 0 radical (unpaired) electrons. The Morgan fingerprint density at radius 1 is 1.60 bits per heavy atom. The Kier molecular flexibility index (Phi) is 2.68. The Morgan fingerprint density at radius 3 is 3.13 bits per heavy atom. The van der Waals surface area contributed by atoms with E-state index in [9.17, 15) is 9.59 Å². The first kappa shape index (κ1) is 10.1. The lowest BCUT2D eigenvalue weighted by atomic mass is 10.2. The molecule has 0 spiro atoms. The molecule has 1 amide bonds.